The Kier molecular flexibility index (Phi) is 10.2. The second-order valence-corrected chi connectivity index (χ2v) is 10.2. The number of hydrogen-bond donors (Lipinski definition) is 3. The highest BCUT2D eigenvalue weighted by molar-refractivity contribution is 5.99. The Morgan fingerprint density at radius 3 is 2.38 bits per heavy atom. The van der Waals surface area contributed by atoms with Crippen LogP contribution < -0.4 is 26.2 Å². The molecule has 1 aromatic heterocycles. The molecule has 0 spiro atoms. The number of hydrogen-bond acceptors (Lipinski definition) is 6. The van der Waals surface area contributed by atoms with Gasteiger partial charge in [0.2, 0.25) is 5.43 Å². The van der Waals surface area contributed by atoms with E-state index in [1.165, 1.54) is 6.08 Å². The molecular formula is C30H32F2N4O6. The van der Waals surface area contributed by atoms with Gasteiger partial charge < -0.3 is 20.1 Å². The summed E-state index contributed by atoms with van der Waals surface area (Å²) in [6.45, 7) is 9.58. The van der Waals surface area contributed by atoms with Crippen molar-refractivity contribution in [1.82, 2.24) is 15.3 Å². The van der Waals surface area contributed by atoms with Gasteiger partial charge in [0.05, 0.1) is 0 Å². The number of benzene rings is 2. The highest BCUT2D eigenvalue weighted by Gasteiger charge is 2.28. The van der Waals surface area contributed by atoms with Crippen LogP contribution in [0.2, 0.25) is 0 Å². The van der Waals surface area contributed by atoms with Crippen LogP contribution in [0.25, 0.3) is 0 Å². The van der Waals surface area contributed by atoms with Gasteiger partial charge in [-0.2, -0.15) is 0 Å². The van der Waals surface area contributed by atoms with Crippen molar-refractivity contribution in [2.45, 2.75) is 52.5 Å². The average Bonchev–Trinajstić information content (AvgIpc) is 2.91. The predicted octanol–water partition coefficient (Wildman–Crippen LogP) is 4.42. The molecule has 42 heavy (non-hydrogen) atoms. The average molecular weight is 583 g/mol. The topological polar surface area (TPSA) is 128 Å². The van der Waals surface area contributed by atoms with Gasteiger partial charge in [-0.15, -0.1) is 6.58 Å². The van der Waals surface area contributed by atoms with Crippen molar-refractivity contribution < 1.29 is 32.6 Å². The molecule has 0 bridgehead atoms. The summed E-state index contributed by atoms with van der Waals surface area (Å²) in [6.07, 6.45) is 1.39. The van der Waals surface area contributed by atoms with Gasteiger partial charge in [-0.05, 0) is 39.3 Å². The molecule has 10 nitrogen and oxygen atoms in total. The summed E-state index contributed by atoms with van der Waals surface area (Å²) in [4.78, 5) is 52.9. The highest BCUT2D eigenvalue weighted by atomic mass is 19.1. The van der Waals surface area contributed by atoms with E-state index in [4.69, 9.17) is 9.47 Å². The van der Waals surface area contributed by atoms with Gasteiger partial charge in [-0.25, -0.2) is 23.7 Å². The second kappa shape index (κ2) is 13.6. The molecule has 3 amide bonds. The van der Waals surface area contributed by atoms with Gasteiger partial charge in [0.1, 0.15) is 29.4 Å². The van der Waals surface area contributed by atoms with Crippen molar-refractivity contribution in [3.63, 3.8) is 0 Å². The molecule has 0 radical (unpaired) electrons. The number of aromatic nitrogens is 1. The molecule has 0 saturated heterocycles. The first-order valence-corrected chi connectivity index (χ1v) is 12.9. The first kappa shape index (κ1) is 31.5. The molecule has 1 atom stereocenters. The van der Waals surface area contributed by atoms with Crippen LogP contribution in [0.4, 0.5) is 13.6 Å². The van der Waals surface area contributed by atoms with Crippen molar-refractivity contribution in [2.75, 3.05) is 5.43 Å². The summed E-state index contributed by atoms with van der Waals surface area (Å²) in [5, 5.41) is 5.02. The molecule has 0 fully saturated rings. The monoisotopic (exact) mass is 582 g/mol. The molecule has 0 aliphatic rings. The van der Waals surface area contributed by atoms with E-state index in [0.29, 0.717) is 11.6 Å². The number of carbonyl (C=O) groups excluding carboxylic acids is 3. The molecular weight excluding hydrogens is 550 g/mol. The van der Waals surface area contributed by atoms with Crippen LogP contribution in [0.15, 0.2) is 72.2 Å². The Balaban J connectivity index is 2.11. The van der Waals surface area contributed by atoms with Gasteiger partial charge in [0.15, 0.2) is 11.4 Å². The van der Waals surface area contributed by atoms with E-state index in [-0.39, 0.29) is 18.7 Å². The Morgan fingerprint density at radius 2 is 1.76 bits per heavy atom. The second-order valence-electron chi connectivity index (χ2n) is 10.2. The fourth-order valence-corrected chi connectivity index (χ4v) is 3.59. The standard InChI is InChI=1S/C30H32F2N4O6/c1-6-18(2)34-28(39)24-26(41-17-19-10-8-7-9-11-19)25(37)22(16-36(24)35-29(40)42-30(3,4)5)27(38)33-15-20-12-13-21(31)14-23(20)32/h6-14,16,18H,1,15,17H2,2-5H3,(H,33,38)(H,34,39)(H,35,40)/t18-/m0/s1. The zero-order valence-electron chi connectivity index (χ0n) is 23.6. The first-order chi connectivity index (χ1) is 19.8. The number of amides is 3. The van der Waals surface area contributed by atoms with E-state index in [0.717, 1.165) is 23.0 Å². The molecule has 0 unspecified atom stereocenters. The molecule has 12 heteroatoms. The van der Waals surface area contributed by atoms with Crippen LogP contribution in [0.3, 0.4) is 0 Å². The summed E-state index contributed by atoms with van der Waals surface area (Å²) >= 11 is 0. The molecule has 2 aromatic carbocycles. The van der Waals surface area contributed by atoms with Crippen molar-refractivity contribution >= 4 is 17.9 Å². The number of nitrogens with zero attached hydrogens (tertiary/aromatic N) is 1. The van der Waals surface area contributed by atoms with Crippen molar-refractivity contribution in [3.05, 3.63) is 112 Å². The van der Waals surface area contributed by atoms with Gasteiger partial charge >= 0.3 is 6.09 Å². The van der Waals surface area contributed by atoms with E-state index < -0.39 is 63.6 Å². The molecule has 0 aliphatic carbocycles. The number of carbonyl (C=O) groups is 3. The lowest BCUT2D eigenvalue weighted by Crippen LogP contribution is -2.41. The predicted molar refractivity (Wildman–Crippen MR) is 152 cm³/mol. The molecule has 1 heterocycles. The SMILES string of the molecule is C=C[C@H](C)NC(=O)c1c(OCc2ccccc2)c(=O)c(C(=O)NCc2ccc(F)cc2F)cn1NC(=O)OC(C)(C)C. The molecule has 0 aliphatic heterocycles. The third kappa shape index (κ3) is 8.50. The molecule has 222 valence electrons. The van der Waals surface area contributed by atoms with Gasteiger partial charge in [-0.3, -0.25) is 14.4 Å². The Bertz CT molecular complexity index is 1530. The third-order valence-corrected chi connectivity index (χ3v) is 5.63. The van der Waals surface area contributed by atoms with Gasteiger partial charge in [-0.1, -0.05) is 42.5 Å². The molecule has 3 N–H and O–H groups in total. The van der Waals surface area contributed by atoms with E-state index >= 15 is 0 Å². The molecule has 3 aromatic rings. The van der Waals surface area contributed by atoms with E-state index in [1.54, 1.807) is 58.0 Å². The number of nitrogens with one attached hydrogen (secondary N) is 3. The largest absolute Gasteiger partial charge is 0.482 e. The lowest BCUT2D eigenvalue weighted by atomic mass is 10.1. The van der Waals surface area contributed by atoms with E-state index in [2.05, 4.69) is 22.6 Å². The van der Waals surface area contributed by atoms with Crippen LogP contribution in [0.5, 0.6) is 5.75 Å². The first-order valence-electron chi connectivity index (χ1n) is 12.9. The quantitative estimate of drug-likeness (QED) is 0.304. The Hall–Kier alpha value is -5.00. The van der Waals surface area contributed by atoms with Crippen molar-refractivity contribution in [1.29, 1.82) is 0 Å². The summed E-state index contributed by atoms with van der Waals surface area (Å²) < 4.78 is 39.4. The fraction of sp³-hybridized carbons (Fsp3) is 0.267. The maximum Gasteiger partial charge on any atom is 0.426 e. The van der Waals surface area contributed by atoms with E-state index in [1.807, 2.05) is 0 Å². The summed E-state index contributed by atoms with van der Waals surface area (Å²) in [5.41, 5.74) is 0.122. The normalized spacial score (nSPS) is 11.7. The van der Waals surface area contributed by atoms with Gasteiger partial charge in [0.25, 0.3) is 11.8 Å². The molecule has 0 saturated carbocycles. The Labute approximate surface area is 241 Å². The van der Waals surface area contributed by atoms with Gasteiger partial charge in [0, 0.05) is 30.4 Å². The Morgan fingerprint density at radius 1 is 1.07 bits per heavy atom. The van der Waals surface area contributed by atoms with Crippen molar-refractivity contribution in [2.24, 2.45) is 0 Å². The zero-order valence-corrected chi connectivity index (χ0v) is 23.6. The smallest absolute Gasteiger partial charge is 0.426 e. The summed E-state index contributed by atoms with van der Waals surface area (Å²) in [5.74, 6) is -4.02. The van der Waals surface area contributed by atoms with Crippen LogP contribution in [-0.2, 0) is 17.9 Å². The highest BCUT2D eigenvalue weighted by Crippen LogP contribution is 2.19. The van der Waals surface area contributed by atoms with Crippen LogP contribution in [-0.4, -0.2) is 34.2 Å². The number of pyridine rings is 1. The summed E-state index contributed by atoms with van der Waals surface area (Å²) in [7, 11) is 0. The van der Waals surface area contributed by atoms with Crippen molar-refractivity contribution in [3.8, 4) is 5.75 Å². The summed E-state index contributed by atoms with van der Waals surface area (Å²) in [6, 6.07) is 11.0. The lowest BCUT2D eigenvalue weighted by Gasteiger charge is -2.23. The molecule has 3 rings (SSSR count). The zero-order chi connectivity index (χ0) is 31.0. The number of ether oxygens (including phenoxy) is 2. The third-order valence-electron chi connectivity index (χ3n) is 5.63. The minimum absolute atomic E-state index is 0.0353. The number of rotatable bonds is 10. The van der Waals surface area contributed by atoms with Crippen LogP contribution in [0.1, 0.15) is 59.7 Å². The van der Waals surface area contributed by atoms with Crippen LogP contribution >= 0.6 is 0 Å². The minimum atomic E-state index is -0.995. The maximum absolute atomic E-state index is 14.1. The van der Waals surface area contributed by atoms with Crippen LogP contribution in [0, 0.1) is 11.6 Å². The fourth-order valence-electron chi connectivity index (χ4n) is 3.59. The maximum atomic E-state index is 14.1. The lowest BCUT2D eigenvalue weighted by molar-refractivity contribution is 0.0611. The van der Waals surface area contributed by atoms with E-state index in [9.17, 15) is 28.0 Å². The number of halogens is 2. The minimum Gasteiger partial charge on any atom is -0.482 e.